The van der Waals surface area contributed by atoms with Crippen molar-refractivity contribution in [1.29, 1.82) is 0 Å². The summed E-state index contributed by atoms with van der Waals surface area (Å²) in [5.41, 5.74) is 3.85. The fourth-order valence-corrected chi connectivity index (χ4v) is 3.49. The monoisotopic (exact) mass is 302 g/mol. The van der Waals surface area contributed by atoms with Gasteiger partial charge in [0.2, 0.25) is 0 Å². The van der Waals surface area contributed by atoms with E-state index >= 15 is 0 Å². The van der Waals surface area contributed by atoms with Crippen LogP contribution in [0.5, 0.6) is 0 Å². The SMILES string of the molecule is Cc1ccc([C@@H]2CCCN2C(=O)N[C@@H]2CCO[C@H]2C)cc1C. The van der Waals surface area contributed by atoms with Crippen molar-refractivity contribution in [1.82, 2.24) is 10.2 Å². The largest absolute Gasteiger partial charge is 0.376 e. The molecule has 0 saturated carbocycles. The maximum atomic E-state index is 12.6. The highest BCUT2D eigenvalue weighted by atomic mass is 16.5. The van der Waals surface area contributed by atoms with E-state index in [9.17, 15) is 4.79 Å². The summed E-state index contributed by atoms with van der Waals surface area (Å²) in [6.45, 7) is 7.87. The van der Waals surface area contributed by atoms with Gasteiger partial charge in [0.05, 0.1) is 18.2 Å². The molecule has 120 valence electrons. The molecule has 2 aliphatic heterocycles. The smallest absolute Gasteiger partial charge is 0.318 e. The van der Waals surface area contributed by atoms with E-state index in [1.54, 1.807) is 0 Å². The zero-order valence-corrected chi connectivity index (χ0v) is 13.8. The molecular weight excluding hydrogens is 276 g/mol. The number of likely N-dealkylation sites (tertiary alicyclic amines) is 1. The maximum absolute atomic E-state index is 12.6. The number of nitrogens with zero attached hydrogens (tertiary/aromatic N) is 1. The zero-order valence-electron chi connectivity index (χ0n) is 13.8. The third-order valence-electron chi connectivity index (χ3n) is 5.11. The number of benzene rings is 1. The van der Waals surface area contributed by atoms with Gasteiger partial charge in [0.25, 0.3) is 0 Å². The highest BCUT2D eigenvalue weighted by molar-refractivity contribution is 5.75. The predicted octanol–water partition coefficient (Wildman–Crippen LogP) is 3.33. The standard InChI is InChI=1S/C18H26N2O2/c1-12-6-7-15(11-13(12)2)17-5-4-9-20(17)18(21)19-16-8-10-22-14(16)3/h6-7,11,14,16-17H,4-5,8-10H2,1-3H3,(H,19,21)/t14-,16+,17-/m0/s1. The van der Waals surface area contributed by atoms with Crippen LogP contribution in [0.15, 0.2) is 18.2 Å². The molecule has 0 bridgehead atoms. The van der Waals surface area contributed by atoms with Crippen LogP contribution in [0.2, 0.25) is 0 Å². The van der Waals surface area contributed by atoms with Crippen molar-refractivity contribution >= 4 is 6.03 Å². The molecule has 1 aromatic carbocycles. The molecule has 2 saturated heterocycles. The molecule has 2 aliphatic rings. The van der Waals surface area contributed by atoms with Gasteiger partial charge >= 0.3 is 6.03 Å². The van der Waals surface area contributed by atoms with E-state index in [4.69, 9.17) is 4.74 Å². The van der Waals surface area contributed by atoms with E-state index in [1.807, 2.05) is 11.8 Å². The molecule has 3 atom stereocenters. The molecule has 0 radical (unpaired) electrons. The van der Waals surface area contributed by atoms with Gasteiger partial charge in [0, 0.05) is 13.2 Å². The van der Waals surface area contributed by atoms with Crippen molar-refractivity contribution in [2.24, 2.45) is 0 Å². The van der Waals surface area contributed by atoms with Crippen LogP contribution >= 0.6 is 0 Å². The summed E-state index contributed by atoms with van der Waals surface area (Å²) in [4.78, 5) is 14.6. The topological polar surface area (TPSA) is 41.6 Å². The van der Waals surface area contributed by atoms with Crippen LogP contribution in [-0.2, 0) is 4.74 Å². The van der Waals surface area contributed by atoms with Crippen LogP contribution in [-0.4, -0.2) is 36.2 Å². The van der Waals surface area contributed by atoms with Gasteiger partial charge in [-0.2, -0.15) is 0 Å². The number of amides is 2. The number of carbonyl (C=O) groups is 1. The Bertz CT molecular complexity index is 558. The van der Waals surface area contributed by atoms with Crippen LogP contribution in [0.25, 0.3) is 0 Å². The minimum atomic E-state index is 0.0584. The van der Waals surface area contributed by atoms with E-state index in [2.05, 4.69) is 37.4 Å². The first kappa shape index (κ1) is 15.3. The van der Waals surface area contributed by atoms with Gasteiger partial charge in [-0.25, -0.2) is 4.79 Å². The Morgan fingerprint density at radius 2 is 2.09 bits per heavy atom. The number of carbonyl (C=O) groups excluding carboxylic acids is 1. The van der Waals surface area contributed by atoms with Gasteiger partial charge in [-0.1, -0.05) is 18.2 Å². The van der Waals surface area contributed by atoms with E-state index < -0.39 is 0 Å². The highest BCUT2D eigenvalue weighted by Gasteiger charge is 2.33. The first-order chi connectivity index (χ1) is 10.6. The predicted molar refractivity (Wildman–Crippen MR) is 86.9 cm³/mol. The van der Waals surface area contributed by atoms with E-state index in [0.29, 0.717) is 0 Å². The van der Waals surface area contributed by atoms with Crippen molar-refractivity contribution in [2.45, 2.75) is 58.2 Å². The van der Waals surface area contributed by atoms with Crippen LogP contribution in [0, 0.1) is 13.8 Å². The van der Waals surface area contributed by atoms with Gasteiger partial charge in [0.15, 0.2) is 0 Å². The Hall–Kier alpha value is -1.55. The molecule has 2 amide bonds. The molecule has 4 heteroatoms. The number of aryl methyl sites for hydroxylation is 2. The van der Waals surface area contributed by atoms with Crippen molar-refractivity contribution in [3.63, 3.8) is 0 Å². The molecule has 4 nitrogen and oxygen atoms in total. The van der Waals surface area contributed by atoms with Gasteiger partial charge in [-0.05, 0) is 56.7 Å². The summed E-state index contributed by atoms with van der Waals surface area (Å²) in [7, 11) is 0. The first-order valence-electron chi connectivity index (χ1n) is 8.32. The Morgan fingerprint density at radius 3 is 2.77 bits per heavy atom. The molecule has 1 aromatic rings. The molecule has 0 spiro atoms. The molecule has 3 rings (SSSR count). The Balaban J connectivity index is 1.72. The van der Waals surface area contributed by atoms with E-state index in [-0.39, 0.29) is 24.2 Å². The fourth-order valence-electron chi connectivity index (χ4n) is 3.49. The average Bonchev–Trinajstić information content (AvgIpc) is 3.12. The second kappa shape index (κ2) is 6.29. The molecular formula is C18H26N2O2. The third-order valence-corrected chi connectivity index (χ3v) is 5.11. The van der Waals surface area contributed by atoms with Gasteiger partial charge in [0.1, 0.15) is 0 Å². The number of hydrogen-bond donors (Lipinski definition) is 1. The lowest BCUT2D eigenvalue weighted by molar-refractivity contribution is 0.111. The maximum Gasteiger partial charge on any atom is 0.318 e. The summed E-state index contributed by atoms with van der Waals surface area (Å²) in [6.07, 6.45) is 3.15. The molecule has 1 N–H and O–H groups in total. The Labute approximate surface area is 132 Å². The average molecular weight is 302 g/mol. The number of ether oxygens (including phenoxy) is 1. The van der Waals surface area contributed by atoms with Crippen molar-refractivity contribution < 1.29 is 9.53 Å². The quantitative estimate of drug-likeness (QED) is 0.910. The second-order valence-electron chi connectivity index (χ2n) is 6.62. The van der Waals surface area contributed by atoms with Gasteiger partial charge in [-0.3, -0.25) is 0 Å². The van der Waals surface area contributed by atoms with Crippen molar-refractivity contribution in [3.05, 3.63) is 34.9 Å². The number of nitrogens with one attached hydrogen (secondary N) is 1. The van der Waals surface area contributed by atoms with Crippen LogP contribution < -0.4 is 5.32 Å². The van der Waals surface area contributed by atoms with Crippen LogP contribution in [0.3, 0.4) is 0 Å². The molecule has 0 unspecified atom stereocenters. The normalized spacial score (nSPS) is 28.1. The summed E-state index contributed by atoms with van der Waals surface area (Å²) < 4.78 is 5.54. The van der Waals surface area contributed by atoms with E-state index in [0.717, 1.165) is 32.4 Å². The number of hydrogen-bond acceptors (Lipinski definition) is 2. The number of rotatable bonds is 2. The molecule has 2 fully saturated rings. The van der Waals surface area contributed by atoms with Gasteiger partial charge in [-0.15, -0.1) is 0 Å². The first-order valence-corrected chi connectivity index (χ1v) is 8.32. The fraction of sp³-hybridized carbons (Fsp3) is 0.611. The lowest BCUT2D eigenvalue weighted by Crippen LogP contribution is -2.46. The van der Waals surface area contributed by atoms with Crippen molar-refractivity contribution in [3.8, 4) is 0 Å². The molecule has 0 aliphatic carbocycles. The minimum absolute atomic E-state index is 0.0584. The Kier molecular flexibility index (Phi) is 4.39. The lowest BCUT2D eigenvalue weighted by Gasteiger charge is -2.28. The summed E-state index contributed by atoms with van der Waals surface area (Å²) in [6, 6.07) is 6.96. The lowest BCUT2D eigenvalue weighted by atomic mass is 9.99. The Morgan fingerprint density at radius 1 is 1.27 bits per heavy atom. The zero-order chi connectivity index (χ0) is 15.7. The molecule has 2 heterocycles. The van der Waals surface area contributed by atoms with E-state index in [1.165, 1.54) is 16.7 Å². The number of urea groups is 1. The third kappa shape index (κ3) is 2.98. The van der Waals surface area contributed by atoms with Crippen LogP contribution in [0.1, 0.15) is 48.9 Å². The van der Waals surface area contributed by atoms with Gasteiger partial charge < -0.3 is 15.0 Å². The van der Waals surface area contributed by atoms with Crippen molar-refractivity contribution in [2.75, 3.05) is 13.2 Å². The highest BCUT2D eigenvalue weighted by Crippen LogP contribution is 2.33. The summed E-state index contributed by atoms with van der Waals surface area (Å²) in [5.74, 6) is 0. The molecule has 22 heavy (non-hydrogen) atoms. The minimum Gasteiger partial charge on any atom is -0.376 e. The van der Waals surface area contributed by atoms with Crippen LogP contribution in [0.4, 0.5) is 4.79 Å². The summed E-state index contributed by atoms with van der Waals surface area (Å²) >= 11 is 0. The summed E-state index contributed by atoms with van der Waals surface area (Å²) in [5, 5.41) is 3.16. The molecule has 0 aromatic heterocycles. The second-order valence-corrected chi connectivity index (χ2v) is 6.62.